The topological polar surface area (TPSA) is 8.81 Å². The highest BCUT2D eigenvalue weighted by Crippen LogP contribution is 2.32. The molecular formula is C22H19N2P2+. The van der Waals surface area contributed by atoms with Gasteiger partial charge < -0.3 is 0 Å². The summed E-state index contributed by atoms with van der Waals surface area (Å²) in [5, 5.41) is 2.38. The summed E-state index contributed by atoms with van der Waals surface area (Å²) in [6, 6.07) is 23.8. The summed E-state index contributed by atoms with van der Waals surface area (Å²) < 4.78 is 4.67. The summed E-state index contributed by atoms with van der Waals surface area (Å²) >= 11 is 0. The second-order valence-electron chi connectivity index (χ2n) is 6.65. The Hall–Kier alpha value is -2.27. The molecule has 2 atom stereocenters. The average molecular weight is 373 g/mol. The second-order valence-corrected chi connectivity index (χ2v) is 7.94. The van der Waals surface area contributed by atoms with Gasteiger partial charge in [-0.05, 0) is 29.1 Å². The minimum Gasteiger partial charge on any atom is -0.225 e. The third kappa shape index (κ3) is 2.45. The van der Waals surface area contributed by atoms with E-state index in [1.165, 1.54) is 44.4 Å². The van der Waals surface area contributed by atoms with E-state index >= 15 is 0 Å². The van der Waals surface area contributed by atoms with Gasteiger partial charge in [0.1, 0.15) is 24.6 Å². The highest BCUT2D eigenvalue weighted by Gasteiger charge is 2.31. The largest absolute Gasteiger partial charge is 0.294 e. The molecule has 0 spiro atoms. The monoisotopic (exact) mass is 373 g/mol. The van der Waals surface area contributed by atoms with Gasteiger partial charge in [0.25, 0.3) is 5.82 Å². The molecule has 2 heterocycles. The van der Waals surface area contributed by atoms with E-state index in [2.05, 4.69) is 107 Å². The van der Waals surface area contributed by atoms with Crippen LogP contribution in [0, 0.1) is 0 Å². The quantitative estimate of drug-likeness (QED) is 0.331. The smallest absolute Gasteiger partial charge is 0.225 e. The average Bonchev–Trinajstić information content (AvgIpc) is 3.21. The number of benzene rings is 3. The fourth-order valence-corrected chi connectivity index (χ4v) is 4.89. The first-order valence-electron chi connectivity index (χ1n) is 8.66. The zero-order valence-electron chi connectivity index (χ0n) is 14.3. The first-order chi connectivity index (χ1) is 12.7. The number of rotatable bonds is 2. The zero-order chi connectivity index (χ0) is 17.7. The van der Waals surface area contributed by atoms with Crippen molar-refractivity contribution in [1.82, 2.24) is 4.57 Å². The lowest BCUT2D eigenvalue weighted by atomic mass is 10.0. The van der Waals surface area contributed by atoms with Gasteiger partial charge in [0.2, 0.25) is 0 Å². The molecule has 1 aliphatic rings. The third-order valence-electron chi connectivity index (χ3n) is 4.98. The fraction of sp³-hybridized carbons (Fsp3) is 0.0455. The number of hydrogen-bond donors (Lipinski definition) is 0. The van der Waals surface area contributed by atoms with Crippen LogP contribution in [0.15, 0.2) is 79.1 Å². The zero-order valence-corrected chi connectivity index (χ0v) is 16.6. The number of nitrogens with zero attached hydrogens (tertiary/aromatic N) is 2. The molecule has 2 unspecified atom stereocenters. The molecule has 2 nitrogen and oxygen atoms in total. The highest BCUT2D eigenvalue weighted by atomic mass is 31.0. The Labute approximate surface area is 157 Å². The van der Waals surface area contributed by atoms with Gasteiger partial charge >= 0.3 is 0 Å². The Morgan fingerprint density at radius 2 is 1.62 bits per heavy atom. The van der Waals surface area contributed by atoms with Crippen LogP contribution >= 0.6 is 18.5 Å². The van der Waals surface area contributed by atoms with Gasteiger partial charge in [0, 0.05) is 16.4 Å². The van der Waals surface area contributed by atoms with Crippen molar-refractivity contribution >= 4 is 29.1 Å². The predicted molar refractivity (Wildman–Crippen MR) is 115 cm³/mol. The minimum absolute atomic E-state index is 0.938. The van der Waals surface area contributed by atoms with Gasteiger partial charge in [-0.2, -0.15) is 4.57 Å². The second kappa shape index (κ2) is 6.16. The van der Waals surface area contributed by atoms with Gasteiger partial charge in [0.05, 0.1) is 5.56 Å². The van der Waals surface area contributed by atoms with Crippen molar-refractivity contribution in [2.24, 2.45) is 0 Å². The SMILES string of the molecule is Pc1cc(P)c(-n2cc[n+]3c2-c2ccccc2C3)c(-c2ccccc2)c1. The fourth-order valence-electron chi connectivity index (χ4n) is 3.87. The molecule has 26 heavy (non-hydrogen) atoms. The Bertz CT molecular complexity index is 1130. The van der Waals surface area contributed by atoms with E-state index in [1.54, 1.807) is 0 Å². The molecule has 0 bridgehead atoms. The molecule has 0 N–H and O–H groups in total. The molecule has 1 aliphatic heterocycles. The molecular weight excluding hydrogens is 354 g/mol. The van der Waals surface area contributed by atoms with Crippen molar-refractivity contribution in [2.75, 3.05) is 0 Å². The van der Waals surface area contributed by atoms with E-state index in [9.17, 15) is 0 Å². The van der Waals surface area contributed by atoms with E-state index < -0.39 is 0 Å². The van der Waals surface area contributed by atoms with Crippen LogP contribution in [0.3, 0.4) is 0 Å². The van der Waals surface area contributed by atoms with Crippen molar-refractivity contribution in [3.05, 3.63) is 84.7 Å². The highest BCUT2D eigenvalue weighted by molar-refractivity contribution is 7.29. The lowest BCUT2D eigenvalue weighted by Gasteiger charge is -2.12. The lowest BCUT2D eigenvalue weighted by Crippen LogP contribution is -2.30. The molecule has 1 aromatic heterocycles. The Morgan fingerprint density at radius 1 is 0.846 bits per heavy atom. The van der Waals surface area contributed by atoms with Gasteiger partial charge in [-0.3, -0.25) is 0 Å². The van der Waals surface area contributed by atoms with Crippen LogP contribution in [0.25, 0.3) is 28.2 Å². The summed E-state index contributed by atoms with van der Waals surface area (Å²) in [5.41, 5.74) is 6.39. The van der Waals surface area contributed by atoms with E-state index in [0.29, 0.717) is 0 Å². The Morgan fingerprint density at radius 3 is 2.46 bits per heavy atom. The van der Waals surface area contributed by atoms with Crippen molar-refractivity contribution in [2.45, 2.75) is 6.54 Å². The van der Waals surface area contributed by atoms with Crippen LogP contribution in [0.2, 0.25) is 0 Å². The Balaban J connectivity index is 1.80. The third-order valence-corrected chi connectivity index (χ3v) is 5.76. The normalized spacial score (nSPS) is 12.1. The van der Waals surface area contributed by atoms with E-state index in [4.69, 9.17) is 0 Å². The predicted octanol–water partition coefficient (Wildman–Crippen LogP) is 3.46. The van der Waals surface area contributed by atoms with Gasteiger partial charge in [-0.15, -0.1) is 18.5 Å². The van der Waals surface area contributed by atoms with Crippen molar-refractivity contribution in [3.8, 4) is 28.2 Å². The maximum Gasteiger partial charge on any atom is 0.294 e. The molecule has 0 saturated carbocycles. The van der Waals surface area contributed by atoms with Gasteiger partial charge in [-0.25, -0.2) is 4.57 Å². The molecule has 0 radical (unpaired) electrons. The first kappa shape index (κ1) is 15.9. The molecule has 126 valence electrons. The van der Waals surface area contributed by atoms with Crippen molar-refractivity contribution < 1.29 is 4.57 Å². The summed E-state index contributed by atoms with van der Waals surface area (Å²) in [5.74, 6) is 1.25. The maximum absolute atomic E-state index is 2.92. The molecule has 0 aliphatic carbocycles. The van der Waals surface area contributed by atoms with E-state index in [0.717, 1.165) is 6.54 Å². The molecule has 0 saturated heterocycles. The molecule has 5 rings (SSSR count). The van der Waals surface area contributed by atoms with Crippen LogP contribution in [0.4, 0.5) is 0 Å². The summed E-state index contributed by atoms with van der Waals surface area (Å²) in [6.45, 7) is 0.938. The number of aromatic nitrogens is 2. The number of fused-ring (bicyclic) bond motifs is 3. The lowest BCUT2D eigenvalue weighted by molar-refractivity contribution is -0.671. The molecule has 0 amide bonds. The van der Waals surface area contributed by atoms with Crippen LogP contribution in [0.1, 0.15) is 5.56 Å². The van der Waals surface area contributed by atoms with Crippen molar-refractivity contribution in [3.63, 3.8) is 0 Å². The van der Waals surface area contributed by atoms with E-state index in [1.807, 2.05) is 0 Å². The first-order valence-corrected chi connectivity index (χ1v) is 9.82. The number of imidazole rings is 1. The van der Waals surface area contributed by atoms with Gasteiger partial charge in [-0.1, -0.05) is 48.5 Å². The van der Waals surface area contributed by atoms with Crippen molar-refractivity contribution in [1.29, 1.82) is 0 Å². The summed E-state index contributed by atoms with van der Waals surface area (Å²) in [7, 11) is 5.75. The van der Waals surface area contributed by atoms with Crippen LogP contribution in [-0.4, -0.2) is 4.57 Å². The summed E-state index contributed by atoms with van der Waals surface area (Å²) in [6.07, 6.45) is 4.37. The summed E-state index contributed by atoms with van der Waals surface area (Å²) in [4.78, 5) is 0. The molecule has 3 aromatic carbocycles. The molecule has 0 fully saturated rings. The van der Waals surface area contributed by atoms with Crippen LogP contribution in [-0.2, 0) is 6.54 Å². The molecule has 4 heteroatoms. The van der Waals surface area contributed by atoms with Crippen LogP contribution < -0.4 is 15.2 Å². The van der Waals surface area contributed by atoms with Gasteiger partial charge in [0.15, 0.2) is 0 Å². The van der Waals surface area contributed by atoms with E-state index in [-0.39, 0.29) is 0 Å². The minimum atomic E-state index is 0.938. The number of hydrogen-bond acceptors (Lipinski definition) is 0. The van der Waals surface area contributed by atoms with Crippen LogP contribution in [0.5, 0.6) is 0 Å². The standard InChI is InChI=1S/C22H19N2P2/c25-17-12-19(15-6-2-1-3-7-15)21(20(26)13-17)24-11-10-23-14-16-8-4-5-9-18(16)22(23)24/h1-13H,14,25-26H2/q+1. The maximum atomic E-state index is 2.92. The Kier molecular flexibility index (Phi) is 3.78. The molecule has 4 aromatic rings.